The zero-order valence-electron chi connectivity index (χ0n) is 18.6. The highest BCUT2D eigenvalue weighted by molar-refractivity contribution is 6.05. The predicted octanol–water partition coefficient (Wildman–Crippen LogP) is 6.44. The van der Waals surface area contributed by atoms with Crippen LogP contribution in [0.3, 0.4) is 0 Å². The molecule has 0 radical (unpaired) electrons. The number of hydrogen-bond donors (Lipinski definition) is 1. The average Bonchev–Trinajstić information content (AvgIpc) is 2.81. The van der Waals surface area contributed by atoms with Crippen molar-refractivity contribution in [2.75, 3.05) is 0 Å². The number of ketones is 1. The number of rotatable bonds is 9. The number of carbonyl (C=O) groups is 2. The van der Waals surface area contributed by atoms with E-state index in [0.717, 1.165) is 18.2 Å². The van der Waals surface area contributed by atoms with Crippen LogP contribution < -0.4 is 4.74 Å². The molecule has 5 nitrogen and oxygen atoms in total. The largest absolute Gasteiger partial charge is 0.486 e. The third-order valence-electron chi connectivity index (χ3n) is 5.96. The number of carboxylic acid groups (broad SMARTS) is 1. The first kappa shape index (κ1) is 25.1. The minimum absolute atomic E-state index is 0.0476. The summed E-state index contributed by atoms with van der Waals surface area (Å²) in [5.74, 6) is -2.11. The molecular weight excluding hydrogens is 454 g/mol. The van der Waals surface area contributed by atoms with E-state index in [-0.39, 0.29) is 41.8 Å². The van der Waals surface area contributed by atoms with Crippen LogP contribution in [0.1, 0.15) is 54.7 Å². The second-order valence-electron chi connectivity index (χ2n) is 8.25. The summed E-state index contributed by atoms with van der Waals surface area (Å²) in [6, 6.07) is 9.42. The smallest absolute Gasteiger partial charge is 0.417 e. The quantitative estimate of drug-likeness (QED) is 0.284. The summed E-state index contributed by atoms with van der Waals surface area (Å²) in [5, 5.41) is 9.98. The van der Waals surface area contributed by atoms with Gasteiger partial charge < -0.3 is 9.84 Å². The molecule has 0 amide bonds. The van der Waals surface area contributed by atoms with Gasteiger partial charge in [0.05, 0.1) is 22.2 Å². The molecular formula is C25H23F4NO4. The second kappa shape index (κ2) is 9.79. The van der Waals surface area contributed by atoms with Crippen molar-refractivity contribution in [2.24, 2.45) is 5.41 Å². The summed E-state index contributed by atoms with van der Waals surface area (Å²) >= 11 is 0. The Morgan fingerprint density at radius 2 is 1.76 bits per heavy atom. The lowest BCUT2D eigenvalue weighted by Crippen LogP contribution is -2.27. The first-order chi connectivity index (χ1) is 16.0. The summed E-state index contributed by atoms with van der Waals surface area (Å²) in [6.45, 7) is 2.99. The second-order valence-corrected chi connectivity index (χ2v) is 8.25. The van der Waals surface area contributed by atoms with E-state index in [2.05, 4.69) is 4.98 Å². The summed E-state index contributed by atoms with van der Waals surface area (Å²) in [5.41, 5.74) is -1.90. The van der Waals surface area contributed by atoms with Crippen molar-refractivity contribution in [3.63, 3.8) is 0 Å². The highest BCUT2D eigenvalue weighted by atomic mass is 19.4. The predicted molar refractivity (Wildman–Crippen MR) is 117 cm³/mol. The SMILES string of the molecule is CC[C@](C)(CCC(=O)c1cc(F)c2ccccc2c1OCc1ccc(C(F)(F)F)cn1)C(=O)O. The zero-order valence-corrected chi connectivity index (χ0v) is 18.6. The summed E-state index contributed by atoms with van der Waals surface area (Å²) in [7, 11) is 0. The summed E-state index contributed by atoms with van der Waals surface area (Å²) in [6.07, 6.45) is -3.63. The number of benzene rings is 2. The molecule has 34 heavy (non-hydrogen) atoms. The maximum absolute atomic E-state index is 14.8. The molecule has 180 valence electrons. The highest BCUT2D eigenvalue weighted by Crippen LogP contribution is 2.36. The molecule has 0 saturated carbocycles. The lowest BCUT2D eigenvalue weighted by Gasteiger charge is -2.22. The number of halogens is 4. The fourth-order valence-corrected chi connectivity index (χ4v) is 3.45. The Hall–Kier alpha value is -3.49. The fourth-order valence-electron chi connectivity index (χ4n) is 3.45. The van der Waals surface area contributed by atoms with Crippen molar-refractivity contribution in [2.45, 2.75) is 45.9 Å². The lowest BCUT2D eigenvalue weighted by molar-refractivity contribution is -0.148. The van der Waals surface area contributed by atoms with Crippen LogP contribution in [0.25, 0.3) is 10.8 Å². The third kappa shape index (κ3) is 5.35. The lowest BCUT2D eigenvalue weighted by atomic mass is 9.81. The van der Waals surface area contributed by atoms with E-state index in [1.807, 2.05) is 0 Å². The Morgan fingerprint density at radius 1 is 1.09 bits per heavy atom. The van der Waals surface area contributed by atoms with Crippen LogP contribution in [-0.4, -0.2) is 21.8 Å². The molecule has 1 N–H and O–H groups in total. The Balaban J connectivity index is 1.93. The number of nitrogens with zero attached hydrogens (tertiary/aromatic N) is 1. The van der Waals surface area contributed by atoms with Gasteiger partial charge in [-0.3, -0.25) is 14.6 Å². The number of ether oxygens (including phenoxy) is 1. The molecule has 0 aliphatic rings. The van der Waals surface area contributed by atoms with Crippen LogP contribution in [0.2, 0.25) is 0 Å². The number of fused-ring (bicyclic) bond motifs is 1. The molecule has 3 rings (SSSR count). The van der Waals surface area contributed by atoms with E-state index in [9.17, 15) is 32.3 Å². The van der Waals surface area contributed by atoms with Crippen LogP contribution in [0.5, 0.6) is 5.75 Å². The van der Waals surface area contributed by atoms with Gasteiger partial charge in [0, 0.05) is 23.4 Å². The molecule has 9 heteroatoms. The van der Waals surface area contributed by atoms with Crippen LogP contribution >= 0.6 is 0 Å². The van der Waals surface area contributed by atoms with Crippen molar-refractivity contribution in [1.29, 1.82) is 0 Å². The van der Waals surface area contributed by atoms with E-state index < -0.39 is 34.7 Å². The molecule has 0 bridgehead atoms. The normalized spacial score (nSPS) is 13.5. The zero-order chi connectivity index (χ0) is 25.1. The van der Waals surface area contributed by atoms with Crippen LogP contribution in [0, 0.1) is 11.2 Å². The summed E-state index contributed by atoms with van der Waals surface area (Å²) in [4.78, 5) is 28.4. The van der Waals surface area contributed by atoms with Crippen molar-refractivity contribution in [1.82, 2.24) is 4.98 Å². The monoisotopic (exact) mass is 477 g/mol. The van der Waals surface area contributed by atoms with Crippen molar-refractivity contribution in [3.05, 3.63) is 71.3 Å². The van der Waals surface area contributed by atoms with Crippen molar-refractivity contribution >= 4 is 22.5 Å². The standard InChI is InChI=1S/C25H23F4NO4/c1-3-24(2,23(32)33)11-10-21(31)19-12-20(26)17-6-4-5-7-18(17)22(19)34-14-16-9-8-15(13-30-16)25(27,28)29/h4-9,12-13H,3,10-11,14H2,1-2H3,(H,32,33)/t24-/m1/s1. The first-order valence-corrected chi connectivity index (χ1v) is 10.6. The van der Waals surface area contributed by atoms with E-state index in [4.69, 9.17) is 4.74 Å². The Morgan fingerprint density at radius 3 is 2.32 bits per heavy atom. The van der Waals surface area contributed by atoms with Gasteiger partial charge in [-0.05, 0) is 38.0 Å². The van der Waals surface area contributed by atoms with Gasteiger partial charge >= 0.3 is 12.1 Å². The molecule has 0 unspecified atom stereocenters. The molecule has 3 aromatic rings. The number of hydrogen-bond acceptors (Lipinski definition) is 4. The maximum atomic E-state index is 14.8. The average molecular weight is 477 g/mol. The van der Waals surface area contributed by atoms with E-state index in [1.54, 1.807) is 25.1 Å². The molecule has 1 heterocycles. The maximum Gasteiger partial charge on any atom is 0.417 e. The number of pyridine rings is 1. The van der Waals surface area contributed by atoms with Gasteiger partial charge in [-0.2, -0.15) is 13.2 Å². The Labute approximate surface area is 193 Å². The van der Waals surface area contributed by atoms with Gasteiger partial charge in [0.2, 0.25) is 0 Å². The van der Waals surface area contributed by atoms with E-state index in [0.29, 0.717) is 18.0 Å². The van der Waals surface area contributed by atoms with Gasteiger partial charge in [0.15, 0.2) is 5.78 Å². The summed E-state index contributed by atoms with van der Waals surface area (Å²) < 4.78 is 58.9. The number of alkyl halides is 3. The first-order valence-electron chi connectivity index (χ1n) is 10.6. The Kier molecular flexibility index (Phi) is 7.24. The van der Waals surface area contributed by atoms with Crippen LogP contribution in [0.4, 0.5) is 17.6 Å². The third-order valence-corrected chi connectivity index (χ3v) is 5.96. The van der Waals surface area contributed by atoms with Gasteiger partial charge in [0.25, 0.3) is 0 Å². The molecule has 1 atom stereocenters. The van der Waals surface area contributed by atoms with Crippen LogP contribution in [0.15, 0.2) is 48.7 Å². The molecule has 0 fully saturated rings. The highest BCUT2D eigenvalue weighted by Gasteiger charge is 2.32. The molecule has 0 aliphatic carbocycles. The Bertz CT molecular complexity index is 1210. The molecule has 0 saturated heterocycles. The number of Topliss-reactive ketones (excluding diaryl/α,β-unsaturated/α-hetero) is 1. The number of carbonyl (C=O) groups excluding carboxylic acids is 1. The molecule has 2 aromatic carbocycles. The number of aliphatic carboxylic acids is 1. The van der Waals surface area contributed by atoms with E-state index >= 15 is 0 Å². The van der Waals surface area contributed by atoms with Crippen molar-refractivity contribution in [3.8, 4) is 5.75 Å². The number of aromatic nitrogens is 1. The fraction of sp³-hybridized carbons (Fsp3) is 0.320. The van der Waals surface area contributed by atoms with Crippen molar-refractivity contribution < 1.29 is 37.0 Å². The minimum atomic E-state index is -4.53. The topological polar surface area (TPSA) is 76.5 Å². The van der Waals surface area contributed by atoms with Gasteiger partial charge in [-0.15, -0.1) is 0 Å². The number of carboxylic acids is 1. The van der Waals surface area contributed by atoms with Crippen LogP contribution in [-0.2, 0) is 17.6 Å². The molecule has 0 aliphatic heterocycles. The van der Waals surface area contributed by atoms with Gasteiger partial charge in [0.1, 0.15) is 18.2 Å². The molecule has 0 spiro atoms. The van der Waals surface area contributed by atoms with Gasteiger partial charge in [-0.25, -0.2) is 4.39 Å². The minimum Gasteiger partial charge on any atom is -0.486 e. The van der Waals surface area contributed by atoms with E-state index in [1.165, 1.54) is 13.0 Å². The van der Waals surface area contributed by atoms with Gasteiger partial charge in [-0.1, -0.05) is 31.2 Å². The molecule has 1 aromatic heterocycles.